The lowest BCUT2D eigenvalue weighted by Crippen LogP contribution is -2.80. The van der Waals surface area contributed by atoms with Crippen LogP contribution in [0.15, 0.2) is 24.3 Å². The molecule has 0 radical (unpaired) electrons. The predicted molar refractivity (Wildman–Crippen MR) is 227 cm³/mol. The normalized spacial score (nSPS) is 49.1. The van der Waals surface area contributed by atoms with Crippen molar-refractivity contribution in [2.24, 2.45) is 61.1 Å². The summed E-state index contributed by atoms with van der Waals surface area (Å²) in [7, 11) is 1.73. The summed E-state index contributed by atoms with van der Waals surface area (Å²) in [5.74, 6) is 6.53. The van der Waals surface area contributed by atoms with Gasteiger partial charge in [-0.05, 0) is 148 Å². The molecule has 14 atom stereocenters. The summed E-state index contributed by atoms with van der Waals surface area (Å²) in [6, 6.07) is 8.73. The molecule has 0 amide bonds. The van der Waals surface area contributed by atoms with Crippen molar-refractivity contribution in [2.75, 3.05) is 20.3 Å². The van der Waals surface area contributed by atoms with Crippen LogP contribution in [0.5, 0.6) is 0 Å². The van der Waals surface area contributed by atoms with Gasteiger partial charge in [-0.3, -0.25) is 4.79 Å². The average molecular weight is 801 g/mol. The molecule has 58 heavy (non-hydrogen) atoms. The van der Waals surface area contributed by atoms with E-state index in [0.717, 1.165) is 108 Å². The summed E-state index contributed by atoms with van der Waals surface area (Å²) in [4.78, 5) is 13.1. The third-order valence-electron chi connectivity index (χ3n) is 20.3. The molecule has 7 aliphatic rings. The number of aliphatic carboxylic acids is 1. The van der Waals surface area contributed by atoms with Crippen LogP contribution in [0, 0.1) is 72.9 Å². The Hall–Kier alpha value is -1.95. The molecule has 6 fully saturated rings. The van der Waals surface area contributed by atoms with Crippen molar-refractivity contribution in [1.82, 2.24) is 0 Å². The molecule has 1 saturated heterocycles. The fourth-order valence-electron chi connectivity index (χ4n) is 17.2. The second-order valence-electron chi connectivity index (χ2n) is 22.1. The Morgan fingerprint density at radius 3 is 2.24 bits per heavy atom. The van der Waals surface area contributed by atoms with Crippen molar-refractivity contribution in [3.63, 3.8) is 0 Å². The quantitative estimate of drug-likeness (QED) is 0.165. The minimum absolute atomic E-state index is 0.0618. The molecule has 1 aliphatic heterocycles. The first-order chi connectivity index (χ1) is 27.5. The summed E-state index contributed by atoms with van der Waals surface area (Å²) in [6.07, 6.45) is 14.9. The number of ether oxygens (including phenoxy) is 2. The summed E-state index contributed by atoms with van der Waals surface area (Å²) in [6.45, 7) is 14.4. The molecular formula is C51H76O7. The molecule has 8 rings (SSSR count). The molecule has 1 aromatic rings. The summed E-state index contributed by atoms with van der Waals surface area (Å²) >= 11 is 0. The Morgan fingerprint density at radius 1 is 0.879 bits per heavy atom. The highest BCUT2D eigenvalue weighted by molar-refractivity contribution is 5.74. The summed E-state index contributed by atoms with van der Waals surface area (Å²) < 4.78 is 12.4. The topological polar surface area (TPSA) is 116 Å². The molecule has 0 unspecified atom stereocenters. The van der Waals surface area contributed by atoms with Crippen LogP contribution in [0.2, 0.25) is 0 Å². The van der Waals surface area contributed by atoms with E-state index in [-0.39, 0.29) is 47.2 Å². The fraction of sp³-hybridized carbons (Fsp3) is 0.824. The van der Waals surface area contributed by atoms with Crippen molar-refractivity contribution >= 4 is 5.97 Å². The first-order valence-electron chi connectivity index (χ1n) is 23.5. The van der Waals surface area contributed by atoms with Crippen molar-refractivity contribution in [1.29, 1.82) is 0 Å². The predicted octanol–water partition coefficient (Wildman–Crippen LogP) is 9.52. The number of rotatable bonds is 11. The third-order valence-corrected chi connectivity index (χ3v) is 20.3. The van der Waals surface area contributed by atoms with Crippen molar-refractivity contribution in [2.45, 2.75) is 182 Å². The zero-order valence-electron chi connectivity index (χ0n) is 37.1. The Kier molecular flexibility index (Phi) is 10.7. The molecule has 5 saturated carbocycles. The van der Waals surface area contributed by atoms with Gasteiger partial charge in [0.2, 0.25) is 0 Å². The Labute approximate surface area is 349 Å². The zero-order chi connectivity index (χ0) is 41.6. The zero-order valence-corrected chi connectivity index (χ0v) is 37.1. The lowest BCUT2D eigenvalue weighted by atomic mass is 9.21. The number of carbonyl (C=O) groups is 1. The fourth-order valence-corrected chi connectivity index (χ4v) is 17.2. The van der Waals surface area contributed by atoms with Gasteiger partial charge in [0, 0.05) is 42.1 Å². The number of benzene rings is 1. The van der Waals surface area contributed by atoms with Crippen molar-refractivity contribution in [3.8, 4) is 11.8 Å². The van der Waals surface area contributed by atoms with Gasteiger partial charge in [-0.2, -0.15) is 0 Å². The van der Waals surface area contributed by atoms with Crippen LogP contribution in [-0.4, -0.2) is 64.7 Å². The summed E-state index contributed by atoms with van der Waals surface area (Å²) in [5, 5.41) is 49.1. The van der Waals surface area contributed by atoms with Gasteiger partial charge in [-0.25, -0.2) is 0 Å². The van der Waals surface area contributed by atoms with Crippen LogP contribution >= 0.6 is 0 Å². The molecule has 322 valence electrons. The van der Waals surface area contributed by atoms with E-state index in [0.29, 0.717) is 25.4 Å². The highest BCUT2D eigenvalue weighted by atomic mass is 16.6. The monoisotopic (exact) mass is 801 g/mol. The minimum Gasteiger partial charge on any atom is -0.481 e. The van der Waals surface area contributed by atoms with Crippen LogP contribution in [-0.2, 0) is 27.1 Å². The highest BCUT2D eigenvalue weighted by Crippen LogP contribution is 2.88. The van der Waals surface area contributed by atoms with Crippen LogP contribution in [0.4, 0.5) is 0 Å². The number of aliphatic hydroxyl groups excluding tert-OH is 2. The van der Waals surface area contributed by atoms with Gasteiger partial charge in [0.15, 0.2) is 5.79 Å². The third kappa shape index (κ3) is 5.39. The molecule has 6 aliphatic carbocycles. The molecule has 7 nitrogen and oxygen atoms in total. The van der Waals surface area contributed by atoms with Gasteiger partial charge in [0.25, 0.3) is 0 Å². The number of fused-ring (bicyclic) bond motifs is 3. The van der Waals surface area contributed by atoms with Crippen LogP contribution in [0.3, 0.4) is 0 Å². The van der Waals surface area contributed by atoms with Gasteiger partial charge >= 0.3 is 5.97 Å². The van der Waals surface area contributed by atoms with Gasteiger partial charge < -0.3 is 29.9 Å². The maximum atomic E-state index is 13.1. The lowest BCUT2D eigenvalue weighted by molar-refractivity contribution is -0.357. The lowest BCUT2D eigenvalue weighted by Gasteiger charge is -2.81. The van der Waals surface area contributed by atoms with Crippen LogP contribution < -0.4 is 0 Å². The Morgan fingerprint density at radius 2 is 1.57 bits per heavy atom. The maximum Gasteiger partial charge on any atom is 0.309 e. The molecule has 4 bridgehead atoms. The van der Waals surface area contributed by atoms with E-state index in [9.17, 15) is 25.2 Å². The SMILES string of the molecule is CCC[C@@H]1CC#C[C@]23CC[C@]45[C@@H](CCC)[C@](O)(C[C@@H](O)[C@@]4(CO)[C@]2(C)CC[C@@]2(CC1)[C@@H]1C[C@](C)(C(=O)O)CC[C@]1(C)CC[C@@]23C)O[C@@H]5Cc1ccc(CCOC)cc1. The second-order valence-corrected chi connectivity index (χ2v) is 22.1. The largest absolute Gasteiger partial charge is 0.481 e. The van der Waals surface area contributed by atoms with Crippen LogP contribution in [0.25, 0.3) is 0 Å². The highest BCUT2D eigenvalue weighted by Gasteiger charge is 2.87. The van der Waals surface area contributed by atoms with E-state index in [1.807, 2.05) is 6.92 Å². The smallest absolute Gasteiger partial charge is 0.309 e. The first-order valence-corrected chi connectivity index (χ1v) is 23.5. The number of carboxylic acid groups (broad SMARTS) is 1. The Bertz CT molecular complexity index is 1780. The number of methoxy groups -OCH3 is 1. The Balaban J connectivity index is 1.32. The maximum absolute atomic E-state index is 13.1. The molecule has 1 heterocycles. The van der Waals surface area contributed by atoms with Gasteiger partial charge in [-0.15, -0.1) is 5.92 Å². The van der Waals surface area contributed by atoms with Crippen molar-refractivity contribution in [3.05, 3.63) is 35.4 Å². The first kappa shape index (κ1) is 42.7. The average Bonchev–Trinajstić information content (AvgIpc) is 3.37. The summed E-state index contributed by atoms with van der Waals surface area (Å²) in [5.41, 5.74) is -1.53. The van der Waals surface area contributed by atoms with E-state index in [1.54, 1.807) is 7.11 Å². The van der Waals surface area contributed by atoms with Gasteiger partial charge in [0.1, 0.15) is 0 Å². The molecule has 1 aromatic carbocycles. The number of carboxylic acids is 1. The van der Waals surface area contributed by atoms with E-state index in [4.69, 9.17) is 9.47 Å². The number of hydrogen-bond acceptors (Lipinski definition) is 6. The molecule has 0 aromatic heterocycles. The van der Waals surface area contributed by atoms with Crippen LogP contribution in [0.1, 0.15) is 162 Å². The number of aliphatic hydroxyl groups is 3. The number of hydrogen-bond donors (Lipinski definition) is 4. The van der Waals surface area contributed by atoms with E-state index in [1.165, 1.54) is 5.56 Å². The van der Waals surface area contributed by atoms with Gasteiger partial charge in [0.05, 0.1) is 30.8 Å². The minimum atomic E-state index is -1.48. The molecule has 2 spiro atoms. The molecular weight excluding hydrogens is 725 g/mol. The van der Waals surface area contributed by atoms with E-state index >= 15 is 0 Å². The second kappa shape index (κ2) is 14.6. The van der Waals surface area contributed by atoms with E-state index in [2.05, 4.69) is 70.7 Å². The molecule has 4 N–H and O–H groups in total. The standard InChI is InChI=1S/C51H76O7/c1-8-11-35-13-10-20-48-28-29-49-38(12-9-2)51(56,58-41(49)31-37-16-14-36(15-17-37)19-30-57-7)33-40(53)50(49,34-52)46(48,6)26-27-47(21-18-35)39-32-44(4,42(54)55)23-22-43(39,3)24-25-45(47,48)5/h14-17,35,38-41,52-53,56H,8-9,11-13,18-19,21-34H2,1-7H3,(H,54,55)/t35-,38-,39-,40-,41-,43-,44-,45+,46-,47+,48-,49-,50+,51+/m1/s1. The van der Waals surface area contributed by atoms with E-state index < -0.39 is 44.9 Å². The van der Waals surface area contributed by atoms with Gasteiger partial charge in [-0.1, -0.05) is 77.6 Å². The van der Waals surface area contributed by atoms with Crippen molar-refractivity contribution < 1.29 is 34.7 Å². The molecule has 7 heteroatoms.